The maximum absolute atomic E-state index is 12.9. The summed E-state index contributed by atoms with van der Waals surface area (Å²) in [7, 11) is 0. The summed E-state index contributed by atoms with van der Waals surface area (Å²) in [6.45, 7) is 2.44. The SMILES string of the molecule is C#CCN(CC(=O)O)Cc1ccc(C2(C(F)(F)F)N=N2)cc1.C#CCN(CC(C)=O)Cc1ccc(C2(C(F)(F)F)N=N2)cc1.[Na+].[OH-]. The average molecular weight is 661 g/mol. The van der Waals surface area contributed by atoms with Crippen LogP contribution < -0.4 is 29.6 Å². The fourth-order valence-corrected chi connectivity index (χ4v) is 4.19. The molecule has 0 unspecified atom stereocenters. The second-order valence-electron chi connectivity index (χ2n) is 9.93. The van der Waals surface area contributed by atoms with E-state index in [1.54, 1.807) is 17.0 Å². The third-order valence-electron chi connectivity index (χ3n) is 6.35. The molecule has 0 saturated carbocycles. The first-order valence-electron chi connectivity index (χ1n) is 12.8. The van der Waals surface area contributed by atoms with Gasteiger partial charge in [-0.2, -0.15) is 26.3 Å². The number of aliphatic carboxylic acids is 1. The van der Waals surface area contributed by atoms with Crippen LogP contribution in [0, 0.1) is 24.7 Å². The van der Waals surface area contributed by atoms with Crippen LogP contribution in [0.3, 0.4) is 0 Å². The molecule has 17 heteroatoms. The van der Waals surface area contributed by atoms with Gasteiger partial charge in [-0.25, -0.2) is 0 Å². The number of Topliss-reactive ketones (excluding diaryl/α,β-unsaturated/α-hetero) is 1. The van der Waals surface area contributed by atoms with Crippen molar-refractivity contribution in [3.05, 3.63) is 70.8 Å². The fraction of sp³-hybridized carbons (Fsp3) is 0.379. The van der Waals surface area contributed by atoms with Crippen molar-refractivity contribution >= 4 is 11.8 Å². The molecule has 10 nitrogen and oxygen atoms in total. The van der Waals surface area contributed by atoms with Crippen LogP contribution in [-0.4, -0.2) is 70.7 Å². The zero-order valence-corrected chi connectivity index (χ0v) is 26.7. The second kappa shape index (κ2) is 16.3. The molecule has 0 fully saturated rings. The van der Waals surface area contributed by atoms with Crippen molar-refractivity contribution in [3.8, 4) is 24.7 Å². The van der Waals surface area contributed by atoms with Crippen LogP contribution in [-0.2, 0) is 34.0 Å². The Balaban J connectivity index is 0.000000441. The molecule has 46 heavy (non-hydrogen) atoms. The number of rotatable bonds is 12. The Labute approximate surface area is 282 Å². The number of alkyl halides is 6. The van der Waals surface area contributed by atoms with Crippen molar-refractivity contribution in [3.63, 3.8) is 0 Å². The molecule has 0 saturated heterocycles. The molecule has 2 heterocycles. The van der Waals surface area contributed by atoms with Crippen molar-refractivity contribution < 1.29 is 76.1 Å². The number of carbonyl (C=O) groups excluding carboxylic acids is 1. The number of carbonyl (C=O) groups is 2. The van der Waals surface area contributed by atoms with Gasteiger partial charge in [0, 0.05) is 24.2 Å². The maximum atomic E-state index is 12.9. The standard InChI is InChI=1S/C15H14F3N3O.C14H12F3N3O2.Na.H2O/c1-3-8-21(9-11(2)22)10-12-4-6-13(7-5-12)14(19-20-14)15(16,17)18;1-2-7-20(9-12(21)22)8-10-3-5-11(6-4-10)13(18-19-13)14(15,16)17;;/h1,4-7H,8-10H2,2H3;1,3-6H,7-9H2,(H,21,22);;1H2/q;;+1;/p-1. The molecule has 0 amide bonds. The molecule has 2 aromatic rings. The number of benzene rings is 2. The Kier molecular flexibility index (Phi) is 14.3. The number of hydrogen-bond donors (Lipinski definition) is 1. The van der Waals surface area contributed by atoms with Gasteiger partial charge in [0.25, 0.3) is 0 Å². The molecule has 0 spiro atoms. The molecule has 0 aliphatic carbocycles. The first-order valence-corrected chi connectivity index (χ1v) is 12.8. The number of carboxylic acid groups (broad SMARTS) is 1. The molecule has 2 aliphatic heterocycles. The van der Waals surface area contributed by atoms with E-state index in [4.69, 9.17) is 18.0 Å². The number of halogens is 6. The van der Waals surface area contributed by atoms with Crippen LogP contribution in [0.5, 0.6) is 0 Å². The first kappa shape index (κ1) is 40.4. The first-order chi connectivity index (χ1) is 20.6. The molecule has 0 radical (unpaired) electrons. The number of carboxylic acids is 1. The van der Waals surface area contributed by atoms with Gasteiger partial charge in [0.2, 0.25) is 0 Å². The Hall–Kier alpha value is -3.64. The van der Waals surface area contributed by atoms with Crippen LogP contribution in [0.1, 0.15) is 29.2 Å². The molecule has 0 bridgehead atoms. The summed E-state index contributed by atoms with van der Waals surface area (Å²) in [5, 5.41) is 21.3. The molecule has 240 valence electrons. The summed E-state index contributed by atoms with van der Waals surface area (Å²) in [4.78, 5) is 25.1. The van der Waals surface area contributed by atoms with Crippen molar-refractivity contribution in [2.45, 2.75) is 43.7 Å². The predicted molar refractivity (Wildman–Crippen MR) is 147 cm³/mol. The van der Waals surface area contributed by atoms with Gasteiger partial charge in [-0.3, -0.25) is 19.4 Å². The Morgan fingerprint density at radius 1 is 0.739 bits per heavy atom. The van der Waals surface area contributed by atoms with Gasteiger partial charge in [-0.05, 0) is 18.1 Å². The van der Waals surface area contributed by atoms with Gasteiger partial charge in [0.1, 0.15) is 5.78 Å². The summed E-state index contributed by atoms with van der Waals surface area (Å²) in [5.74, 6) is 3.74. The molecule has 2 aromatic carbocycles. The van der Waals surface area contributed by atoms with E-state index in [-0.39, 0.29) is 78.1 Å². The van der Waals surface area contributed by atoms with Gasteiger partial charge < -0.3 is 10.6 Å². The van der Waals surface area contributed by atoms with E-state index >= 15 is 0 Å². The largest absolute Gasteiger partial charge is 1.00 e. The minimum Gasteiger partial charge on any atom is -0.870 e. The predicted octanol–water partition coefficient (Wildman–Crippen LogP) is 2.11. The Morgan fingerprint density at radius 2 is 1.07 bits per heavy atom. The quantitative estimate of drug-likeness (QED) is 0.210. The van der Waals surface area contributed by atoms with Crippen LogP contribution >= 0.6 is 0 Å². The number of ketones is 1. The fourth-order valence-electron chi connectivity index (χ4n) is 4.19. The third-order valence-corrected chi connectivity index (χ3v) is 6.35. The third kappa shape index (κ3) is 10.2. The van der Waals surface area contributed by atoms with Gasteiger partial charge >= 0.3 is 59.2 Å². The molecule has 2 aliphatic rings. The van der Waals surface area contributed by atoms with E-state index in [9.17, 15) is 35.9 Å². The second-order valence-corrected chi connectivity index (χ2v) is 9.93. The molecule has 4 rings (SSSR count). The minimum absolute atomic E-state index is 0. The number of hydrogen-bond acceptors (Lipinski definition) is 9. The van der Waals surface area contributed by atoms with E-state index in [2.05, 4.69) is 32.3 Å². The molecule has 2 N–H and O–H groups in total. The summed E-state index contributed by atoms with van der Waals surface area (Å²) < 4.78 is 77.2. The number of terminal acetylenes is 2. The molecule has 0 atom stereocenters. The Bertz CT molecular complexity index is 1370. The van der Waals surface area contributed by atoms with Gasteiger partial charge in [0.05, 0.1) is 26.2 Å². The maximum Gasteiger partial charge on any atom is 1.00 e. The van der Waals surface area contributed by atoms with E-state index < -0.39 is 29.6 Å². The zero-order valence-electron chi connectivity index (χ0n) is 24.7. The minimum atomic E-state index is -4.56. The molecule has 0 aromatic heterocycles. The smallest absolute Gasteiger partial charge is 0.870 e. The zero-order chi connectivity index (χ0) is 32.8. The van der Waals surface area contributed by atoms with Crippen molar-refractivity contribution in [1.29, 1.82) is 0 Å². The van der Waals surface area contributed by atoms with E-state index in [1.807, 2.05) is 0 Å². The van der Waals surface area contributed by atoms with Gasteiger partial charge in [-0.15, -0.1) is 33.3 Å². The Morgan fingerprint density at radius 3 is 1.30 bits per heavy atom. The van der Waals surface area contributed by atoms with Crippen molar-refractivity contribution in [1.82, 2.24) is 9.80 Å². The van der Waals surface area contributed by atoms with Crippen LogP contribution in [0.2, 0.25) is 0 Å². The normalized spacial score (nSPS) is 14.9. The topological polar surface area (TPSA) is 140 Å². The molecular formula is C29H27F6N6NaO4. The summed E-state index contributed by atoms with van der Waals surface area (Å²) in [5.41, 5.74) is -3.50. The monoisotopic (exact) mass is 660 g/mol. The van der Waals surface area contributed by atoms with Crippen LogP contribution in [0.25, 0.3) is 0 Å². The average Bonchev–Trinajstić information content (AvgIpc) is 3.83. The summed E-state index contributed by atoms with van der Waals surface area (Å²) in [6, 6.07) is 11.4. The molecular weight excluding hydrogens is 633 g/mol. The van der Waals surface area contributed by atoms with Gasteiger partial charge in [-0.1, -0.05) is 60.4 Å². The van der Waals surface area contributed by atoms with E-state index in [0.717, 1.165) is 5.56 Å². The van der Waals surface area contributed by atoms with Crippen molar-refractivity contribution in [2.24, 2.45) is 20.5 Å². The van der Waals surface area contributed by atoms with Crippen molar-refractivity contribution in [2.75, 3.05) is 26.2 Å². The number of nitrogens with zero attached hydrogens (tertiary/aromatic N) is 6. The van der Waals surface area contributed by atoms with Crippen LogP contribution in [0.15, 0.2) is 69.0 Å². The van der Waals surface area contributed by atoms with Crippen LogP contribution in [0.4, 0.5) is 26.3 Å². The summed E-state index contributed by atoms with van der Waals surface area (Å²) in [6.07, 6.45) is 1.31. The summed E-state index contributed by atoms with van der Waals surface area (Å²) >= 11 is 0. The van der Waals surface area contributed by atoms with Gasteiger partial charge in [0.15, 0.2) is 0 Å². The van der Waals surface area contributed by atoms with E-state index in [1.165, 1.54) is 48.2 Å². The van der Waals surface area contributed by atoms with E-state index in [0.29, 0.717) is 18.7 Å².